The van der Waals surface area contributed by atoms with E-state index in [-0.39, 0.29) is 18.4 Å². The van der Waals surface area contributed by atoms with Crippen LogP contribution in [0.5, 0.6) is 5.75 Å². The molecular weight excluding hydrogens is 607 g/mol. The number of carbonyl (C=O) groups excluding carboxylic acids is 2. The van der Waals surface area contributed by atoms with Crippen LogP contribution in [0.25, 0.3) is 0 Å². The lowest BCUT2D eigenvalue weighted by Gasteiger charge is -2.31. The molecule has 0 aromatic heterocycles. The van der Waals surface area contributed by atoms with Gasteiger partial charge in [-0.15, -0.1) is 0 Å². The predicted octanol–water partition coefficient (Wildman–Crippen LogP) is 5.60. The molecule has 5 nitrogen and oxygen atoms in total. The van der Waals surface area contributed by atoms with Crippen molar-refractivity contribution in [1.82, 2.24) is 10.2 Å². The highest BCUT2D eigenvalue weighted by molar-refractivity contribution is 14.1. The molecule has 0 spiro atoms. The second-order valence-electron chi connectivity index (χ2n) is 7.89. The van der Waals surface area contributed by atoms with Gasteiger partial charge in [0.05, 0.1) is 0 Å². The van der Waals surface area contributed by atoms with Crippen LogP contribution in [0.3, 0.4) is 0 Å². The average Bonchev–Trinajstić information content (AvgIpc) is 2.85. The van der Waals surface area contributed by atoms with E-state index in [2.05, 4.69) is 43.8 Å². The fourth-order valence-corrected chi connectivity index (χ4v) is 4.32. The van der Waals surface area contributed by atoms with Gasteiger partial charge < -0.3 is 15.0 Å². The number of hydrogen-bond acceptors (Lipinski definition) is 3. The van der Waals surface area contributed by atoms with Crippen LogP contribution in [0.2, 0.25) is 0 Å². The number of carbonyl (C=O) groups is 2. The van der Waals surface area contributed by atoms with Crippen LogP contribution in [0, 0.1) is 3.57 Å². The molecule has 7 heteroatoms. The molecule has 0 saturated heterocycles. The zero-order chi connectivity index (χ0) is 24.3. The second kappa shape index (κ2) is 13.5. The standard InChI is InChI=1S/C27H28BrIN2O3/c1-2-15-30-27(33)25(17-20-7-4-3-5-8-20)31(18-21-9-6-10-22(28)16-21)26(32)19-34-24-13-11-23(29)12-14-24/h3-14,16,25H,2,15,17-19H2,1H3,(H,30,33). The molecule has 0 saturated carbocycles. The molecule has 0 aliphatic heterocycles. The van der Waals surface area contributed by atoms with Crippen molar-refractivity contribution >= 4 is 50.3 Å². The number of nitrogens with zero attached hydrogens (tertiary/aromatic N) is 1. The molecular formula is C27H28BrIN2O3. The molecule has 1 N–H and O–H groups in total. The van der Waals surface area contributed by atoms with E-state index in [1.165, 1.54) is 0 Å². The summed E-state index contributed by atoms with van der Waals surface area (Å²) in [5.74, 6) is 0.209. The van der Waals surface area contributed by atoms with E-state index in [1.54, 1.807) is 4.90 Å². The second-order valence-corrected chi connectivity index (χ2v) is 10.1. The smallest absolute Gasteiger partial charge is 0.261 e. The van der Waals surface area contributed by atoms with Crippen molar-refractivity contribution < 1.29 is 14.3 Å². The first-order valence-electron chi connectivity index (χ1n) is 11.2. The fourth-order valence-electron chi connectivity index (χ4n) is 3.51. The van der Waals surface area contributed by atoms with Gasteiger partial charge in [-0.1, -0.05) is 65.3 Å². The summed E-state index contributed by atoms with van der Waals surface area (Å²) in [6, 6.07) is 24.4. The summed E-state index contributed by atoms with van der Waals surface area (Å²) >= 11 is 5.72. The van der Waals surface area contributed by atoms with Crippen molar-refractivity contribution in [2.45, 2.75) is 32.4 Å². The Labute approximate surface area is 223 Å². The maximum absolute atomic E-state index is 13.5. The van der Waals surface area contributed by atoms with Crippen LogP contribution >= 0.6 is 38.5 Å². The quantitative estimate of drug-likeness (QED) is 0.280. The Balaban J connectivity index is 1.88. The summed E-state index contributed by atoms with van der Waals surface area (Å²) in [5.41, 5.74) is 1.92. The number of rotatable bonds is 11. The SMILES string of the molecule is CCCNC(=O)C(Cc1ccccc1)N(Cc1cccc(Br)c1)C(=O)COc1ccc(I)cc1. The Morgan fingerprint density at radius 1 is 1.00 bits per heavy atom. The molecule has 1 unspecified atom stereocenters. The maximum atomic E-state index is 13.5. The summed E-state index contributed by atoms with van der Waals surface area (Å²) < 4.78 is 7.80. The third-order valence-electron chi connectivity index (χ3n) is 5.24. The molecule has 3 rings (SSSR count). The minimum Gasteiger partial charge on any atom is -0.484 e. The number of hydrogen-bond donors (Lipinski definition) is 1. The van der Waals surface area contributed by atoms with Gasteiger partial charge in [-0.2, -0.15) is 0 Å². The van der Waals surface area contributed by atoms with Gasteiger partial charge >= 0.3 is 0 Å². The van der Waals surface area contributed by atoms with E-state index < -0.39 is 6.04 Å². The van der Waals surface area contributed by atoms with Gasteiger partial charge in [0.2, 0.25) is 5.91 Å². The topological polar surface area (TPSA) is 58.6 Å². The summed E-state index contributed by atoms with van der Waals surface area (Å²) in [6.45, 7) is 2.71. The van der Waals surface area contributed by atoms with Crippen LogP contribution in [0.1, 0.15) is 24.5 Å². The molecule has 1 atom stereocenters. The Kier molecular flexibility index (Phi) is 10.4. The number of benzene rings is 3. The van der Waals surface area contributed by atoms with Gasteiger partial charge in [0.15, 0.2) is 6.61 Å². The molecule has 0 fully saturated rings. The van der Waals surface area contributed by atoms with Gasteiger partial charge in [-0.05, 0) is 76.5 Å². The molecule has 0 radical (unpaired) electrons. The highest BCUT2D eigenvalue weighted by atomic mass is 127. The molecule has 34 heavy (non-hydrogen) atoms. The number of amides is 2. The predicted molar refractivity (Wildman–Crippen MR) is 147 cm³/mol. The Bertz CT molecular complexity index is 1080. The molecule has 0 aliphatic rings. The van der Waals surface area contributed by atoms with Crippen molar-refractivity contribution in [2.24, 2.45) is 0 Å². The van der Waals surface area contributed by atoms with Crippen molar-refractivity contribution in [1.29, 1.82) is 0 Å². The summed E-state index contributed by atoms with van der Waals surface area (Å²) in [7, 11) is 0. The number of ether oxygens (including phenoxy) is 1. The van der Waals surface area contributed by atoms with Gasteiger partial charge in [-0.25, -0.2) is 0 Å². The zero-order valence-electron chi connectivity index (χ0n) is 19.0. The maximum Gasteiger partial charge on any atom is 0.261 e. The highest BCUT2D eigenvalue weighted by Gasteiger charge is 2.30. The summed E-state index contributed by atoms with van der Waals surface area (Å²) in [5, 5.41) is 2.98. The van der Waals surface area contributed by atoms with Gasteiger partial charge in [-0.3, -0.25) is 9.59 Å². The molecule has 178 valence electrons. The lowest BCUT2D eigenvalue weighted by Crippen LogP contribution is -2.51. The van der Waals surface area contributed by atoms with E-state index in [9.17, 15) is 9.59 Å². The number of halogens is 2. The van der Waals surface area contributed by atoms with Gasteiger partial charge in [0.1, 0.15) is 11.8 Å². The lowest BCUT2D eigenvalue weighted by molar-refractivity contribution is -0.142. The molecule has 3 aromatic rings. The van der Waals surface area contributed by atoms with Crippen LogP contribution < -0.4 is 10.1 Å². The van der Waals surface area contributed by atoms with Crippen molar-refractivity contribution in [3.8, 4) is 5.75 Å². The minimum absolute atomic E-state index is 0.152. The molecule has 2 amide bonds. The van der Waals surface area contributed by atoms with Gasteiger partial charge in [0, 0.05) is 27.6 Å². The lowest BCUT2D eigenvalue weighted by atomic mass is 10.0. The van der Waals surface area contributed by atoms with E-state index in [1.807, 2.05) is 85.8 Å². The van der Waals surface area contributed by atoms with Crippen LogP contribution in [0.4, 0.5) is 0 Å². The Morgan fingerprint density at radius 2 is 1.71 bits per heavy atom. The molecule has 0 heterocycles. The zero-order valence-corrected chi connectivity index (χ0v) is 22.8. The van der Waals surface area contributed by atoms with E-state index in [0.29, 0.717) is 25.3 Å². The largest absolute Gasteiger partial charge is 0.484 e. The first kappa shape index (κ1) is 26.2. The highest BCUT2D eigenvalue weighted by Crippen LogP contribution is 2.19. The van der Waals surface area contributed by atoms with Crippen LogP contribution in [0.15, 0.2) is 83.3 Å². The van der Waals surface area contributed by atoms with E-state index in [0.717, 1.165) is 25.6 Å². The first-order valence-corrected chi connectivity index (χ1v) is 13.1. The van der Waals surface area contributed by atoms with Crippen molar-refractivity contribution in [3.63, 3.8) is 0 Å². The molecule has 0 bridgehead atoms. The first-order chi connectivity index (χ1) is 16.5. The fraction of sp³-hybridized carbons (Fsp3) is 0.259. The summed E-state index contributed by atoms with van der Waals surface area (Å²) in [4.78, 5) is 28.4. The number of nitrogens with one attached hydrogen (secondary N) is 1. The third kappa shape index (κ3) is 8.13. The summed E-state index contributed by atoms with van der Waals surface area (Å²) in [6.07, 6.45) is 1.24. The van der Waals surface area contributed by atoms with Gasteiger partial charge in [0.25, 0.3) is 5.91 Å². The van der Waals surface area contributed by atoms with Crippen LogP contribution in [-0.2, 0) is 22.6 Å². The average molecular weight is 635 g/mol. The Hall–Kier alpha value is -2.39. The molecule has 0 aliphatic carbocycles. The Morgan fingerprint density at radius 3 is 2.38 bits per heavy atom. The normalized spacial score (nSPS) is 11.5. The van der Waals surface area contributed by atoms with Crippen molar-refractivity contribution in [2.75, 3.05) is 13.2 Å². The molecule has 3 aromatic carbocycles. The van der Waals surface area contributed by atoms with Crippen molar-refractivity contribution in [3.05, 3.63) is 98.0 Å². The van der Waals surface area contributed by atoms with E-state index in [4.69, 9.17) is 4.74 Å². The van der Waals surface area contributed by atoms with Crippen LogP contribution in [-0.4, -0.2) is 35.9 Å². The minimum atomic E-state index is -0.666. The monoisotopic (exact) mass is 634 g/mol. The van der Waals surface area contributed by atoms with E-state index >= 15 is 0 Å². The third-order valence-corrected chi connectivity index (χ3v) is 6.45.